The number of alkyl halides is 3. The third kappa shape index (κ3) is 3.69. The van der Waals surface area contributed by atoms with Crippen molar-refractivity contribution < 1.29 is 13.2 Å². The van der Waals surface area contributed by atoms with Gasteiger partial charge in [0.05, 0.1) is 16.4 Å². The van der Waals surface area contributed by atoms with E-state index in [9.17, 15) is 13.2 Å². The van der Waals surface area contributed by atoms with Crippen LogP contribution in [0.25, 0.3) is 0 Å². The van der Waals surface area contributed by atoms with Crippen molar-refractivity contribution >= 4 is 27.3 Å². The van der Waals surface area contributed by atoms with E-state index in [0.29, 0.717) is 0 Å². The van der Waals surface area contributed by atoms with Crippen LogP contribution in [0, 0.1) is 0 Å². The van der Waals surface area contributed by atoms with Gasteiger partial charge in [-0.2, -0.15) is 13.2 Å². The lowest BCUT2D eigenvalue weighted by atomic mass is 10.2. The second kappa shape index (κ2) is 5.48. The van der Waals surface area contributed by atoms with Gasteiger partial charge >= 0.3 is 6.18 Å². The number of halogens is 4. The maximum atomic E-state index is 12.6. The van der Waals surface area contributed by atoms with Gasteiger partial charge in [-0.25, -0.2) is 0 Å². The minimum Gasteiger partial charge on any atom is -0.329 e. The van der Waals surface area contributed by atoms with Crippen molar-refractivity contribution in [3.8, 4) is 0 Å². The fourth-order valence-electron chi connectivity index (χ4n) is 2.03. The van der Waals surface area contributed by atoms with E-state index in [1.54, 1.807) is 0 Å². The smallest absolute Gasteiger partial charge is 0.329 e. The molecule has 2 N–H and O–H groups in total. The van der Waals surface area contributed by atoms with Gasteiger partial charge in [-0.05, 0) is 40.9 Å². The van der Waals surface area contributed by atoms with Crippen molar-refractivity contribution in [2.75, 3.05) is 13.1 Å². The van der Waals surface area contributed by atoms with Crippen molar-refractivity contribution in [3.05, 3.63) is 20.8 Å². The maximum absolute atomic E-state index is 12.6. The van der Waals surface area contributed by atoms with Crippen molar-refractivity contribution in [3.63, 3.8) is 0 Å². The van der Waals surface area contributed by atoms with E-state index >= 15 is 0 Å². The highest BCUT2D eigenvalue weighted by atomic mass is 79.9. The molecule has 1 heterocycles. The summed E-state index contributed by atoms with van der Waals surface area (Å²) < 4.78 is 38.8. The third-order valence-electron chi connectivity index (χ3n) is 2.92. The molecule has 2 nitrogen and oxygen atoms in total. The molecule has 1 aliphatic rings. The minimum atomic E-state index is -4.18. The van der Waals surface area contributed by atoms with Crippen LogP contribution >= 0.6 is 27.3 Å². The third-order valence-corrected chi connectivity index (χ3v) is 4.65. The Hall–Kier alpha value is -0.110. The van der Waals surface area contributed by atoms with Crippen LogP contribution in [0.5, 0.6) is 0 Å². The van der Waals surface area contributed by atoms with Gasteiger partial charge in [0, 0.05) is 17.5 Å². The summed E-state index contributed by atoms with van der Waals surface area (Å²) in [6.45, 7) is -0.672. The van der Waals surface area contributed by atoms with Gasteiger partial charge in [0.2, 0.25) is 0 Å². The van der Waals surface area contributed by atoms with Gasteiger partial charge in [-0.15, -0.1) is 11.3 Å². The van der Waals surface area contributed by atoms with Gasteiger partial charge < -0.3 is 5.73 Å². The Bertz CT molecular complexity index is 403. The molecular formula is C11H14BrF3N2S. The quantitative estimate of drug-likeness (QED) is 0.886. The lowest BCUT2D eigenvalue weighted by Crippen LogP contribution is -2.41. The highest BCUT2D eigenvalue weighted by molar-refractivity contribution is 9.11. The Balaban J connectivity index is 2.17. The normalized spacial score (nSPS) is 18.3. The van der Waals surface area contributed by atoms with Gasteiger partial charge in [0.25, 0.3) is 0 Å². The first-order valence-electron chi connectivity index (χ1n) is 5.68. The Labute approximate surface area is 116 Å². The summed E-state index contributed by atoms with van der Waals surface area (Å²) in [5.74, 6) is 0. The topological polar surface area (TPSA) is 29.3 Å². The lowest BCUT2D eigenvalue weighted by molar-refractivity contribution is -0.152. The highest BCUT2D eigenvalue weighted by Crippen LogP contribution is 2.39. The molecule has 1 aliphatic carbocycles. The average molecular weight is 343 g/mol. The number of nitrogens with zero attached hydrogens (tertiary/aromatic N) is 1. The molecule has 1 atom stereocenters. The zero-order valence-electron chi connectivity index (χ0n) is 9.58. The van der Waals surface area contributed by atoms with Crippen molar-refractivity contribution in [2.45, 2.75) is 31.1 Å². The number of hydrogen-bond donors (Lipinski definition) is 1. The zero-order chi connectivity index (χ0) is 13.3. The molecule has 1 aromatic rings. The van der Waals surface area contributed by atoms with Crippen LogP contribution in [0.2, 0.25) is 0 Å². The molecule has 18 heavy (non-hydrogen) atoms. The fraction of sp³-hybridized carbons (Fsp3) is 0.636. The molecule has 0 spiro atoms. The summed E-state index contributed by atoms with van der Waals surface area (Å²) >= 11 is 4.78. The standard InChI is InChI=1S/C11H14BrF3N2S/c12-10-4-3-9(18-10)8(5-16)17(7-1-2-7)6-11(13,14)15/h3-4,7-8H,1-2,5-6,16H2. The van der Waals surface area contributed by atoms with E-state index < -0.39 is 12.7 Å². The average Bonchev–Trinajstić information content (AvgIpc) is 3.01. The molecule has 1 unspecified atom stereocenters. The Kier molecular flexibility index (Phi) is 4.36. The predicted molar refractivity (Wildman–Crippen MR) is 69.6 cm³/mol. The Morgan fingerprint density at radius 2 is 2.11 bits per heavy atom. The van der Waals surface area contributed by atoms with Crippen LogP contribution in [0.3, 0.4) is 0 Å². The van der Waals surface area contributed by atoms with E-state index in [2.05, 4.69) is 15.9 Å². The molecule has 0 saturated heterocycles. The molecule has 7 heteroatoms. The molecular weight excluding hydrogens is 329 g/mol. The maximum Gasteiger partial charge on any atom is 0.401 e. The monoisotopic (exact) mass is 342 g/mol. The Morgan fingerprint density at radius 3 is 2.50 bits per heavy atom. The van der Waals surface area contributed by atoms with Crippen molar-refractivity contribution in [2.24, 2.45) is 5.73 Å². The second-order valence-corrected chi connectivity index (χ2v) is 6.91. The summed E-state index contributed by atoms with van der Waals surface area (Å²) in [4.78, 5) is 2.39. The van der Waals surface area contributed by atoms with Crippen molar-refractivity contribution in [1.82, 2.24) is 4.90 Å². The molecule has 1 aromatic heterocycles. The van der Waals surface area contributed by atoms with E-state index in [-0.39, 0.29) is 18.6 Å². The van der Waals surface area contributed by atoms with Crippen LogP contribution in [0.15, 0.2) is 15.9 Å². The van der Waals surface area contributed by atoms with Gasteiger partial charge in [-0.3, -0.25) is 4.90 Å². The molecule has 0 aliphatic heterocycles. The summed E-state index contributed by atoms with van der Waals surface area (Å²) in [7, 11) is 0. The van der Waals surface area contributed by atoms with Crippen LogP contribution in [-0.2, 0) is 0 Å². The summed E-state index contributed by atoms with van der Waals surface area (Å²) in [5, 5.41) is 0. The first-order valence-corrected chi connectivity index (χ1v) is 7.29. The largest absolute Gasteiger partial charge is 0.401 e. The molecule has 1 saturated carbocycles. The number of thiophene rings is 1. The van der Waals surface area contributed by atoms with E-state index in [1.807, 2.05) is 12.1 Å². The lowest BCUT2D eigenvalue weighted by Gasteiger charge is -2.31. The first-order chi connectivity index (χ1) is 8.40. The predicted octanol–water partition coefficient (Wildman–Crippen LogP) is 3.54. The zero-order valence-corrected chi connectivity index (χ0v) is 12.0. The van der Waals surface area contributed by atoms with Crippen LogP contribution < -0.4 is 5.73 Å². The number of hydrogen-bond acceptors (Lipinski definition) is 3. The van der Waals surface area contributed by atoms with Gasteiger partial charge in [-0.1, -0.05) is 0 Å². The molecule has 1 fully saturated rings. The van der Waals surface area contributed by atoms with Crippen LogP contribution in [0.4, 0.5) is 13.2 Å². The number of rotatable bonds is 5. The SMILES string of the molecule is NCC(c1ccc(Br)s1)N(CC(F)(F)F)C1CC1. The van der Waals surface area contributed by atoms with Gasteiger partial charge in [0.1, 0.15) is 0 Å². The fourth-order valence-corrected chi connectivity index (χ4v) is 3.59. The summed E-state index contributed by atoms with van der Waals surface area (Å²) in [5.41, 5.74) is 5.68. The molecule has 0 radical (unpaired) electrons. The van der Waals surface area contributed by atoms with E-state index in [1.165, 1.54) is 16.2 Å². The minimum absolute atomic E-state index is 0.0288. The van der Waals surface area contributed by atoms with Crippen molar-refractivity contribution in [1.29, 1.82) is 0 Å². The van der Waals surface area contributed by atoms with Gasteiger partial charge in [0.15, 0.2) is 0 Å². The summed E-state index contributed by atoms with van der Waals surface area (Å²) in [6, 6.07) is 3.38. The van der Waals surface area contributed by atoms with Crippen LogP contribution in [0.1, 0.15) is 23.8 Å². The van der Waals surface area contributed by atoms with E-state index in [4.69, 9.17) is 5.73 Å². The number of nitrogens with two attached hydrogens (primary N) is 1. The molecule has 2 rings (SSSR count). The second-order valence-electron chi connectivity index (χ2n) is 4.41. The summed E-state index contributed by atoms with van der Waals surface area (Å²) in [6.07, 6.45) is -2.51. The molecule has 0 aromatic carbocycles. The Morgan fingerprint density at radius 1 is 1.44 bits per heavy atom. The highest BCUT2D eigenvalue weighted by Gasteiger charge is 2.41. The first kappa shape index (κ1) is 14.3. The van der Waals surface area contributed by atoms with E-state index in [0.717, 1.165) is 21.5 Å². The van der Waals surface area contributed by atoms with Crippen LogP contribution in [-0.4, -0.2) is 30.2 Å². The molecule has 0 bridgehead atoms. The molecule has 102 valence electrons. The molecule has 0 amide bonds.